The first-order valence-corrected chi connectivity index (χ1v) is 13.7. The first kappa shape index (κ1) is 31.6. The molecule has 41 heavy (non-hydrogen) atoms. The van der Waals surface area contributed by atoms with Gasteiger partial charge in [0.25, 0.3) is 12.0 Å². The van der Waals surface area contributed by atoms with Crippen molar-refractivity contribution in [2.45, 2.75) is 49.5 Å². The lowest BCUT2D eigenvalue weighted by Gasteiger charge is -2.36. The number of phosphoric acid groups is 1. The molecule has 1 aromatic rings. The number of rotatable bonds is 15. The highest BCUT2D eigenvalue weighted by molar-refractivity contribution is 7.48. The third-order valence-electron chi connectivity index (χ3n) is 6.34. The van der Waals surface area contributed by atoms with Crippen LogP contribution in [0.5, 0.6) is 0 Å². The second kappa shape index (κ2) is 13.3. The fraction of sp³-hybridized carbons (Fsp3) is 0.762. The molecule has 3 N–H and O–H groups in total. The van der Waals surface area contributed by atoms with Crippen LogP contribution >= 0.6 is 7.82 Å². The largest absolute Gasteiger partial charge is 0.510 e. The highest BCUT2D eigenvalue weighted by Crippen LogP contribution is 2.53. The van der Waals surface area contributed by atoms with Crippen molar-refractivity contribution in [3.8, 4) is 0 Å². The van der Waals surface area contributed by atoms with Gasteiger partial charge in [-0.2, -0.15) is 0 Å². The highest BCUT2D eigenvalue weighted by atomic mass is 31.2. The van der Waals surface area contributed by atoms with E-state index in [0.717, 1.165) is 16.8 Å². The predicted molar refractivity (Wildman–Crippen MR) is 126 cm³/mol. The summed E-state index contributed by atoms with van der Waals surface area (Å²) in [5.41, 5.74) is -5.79. The zero-order valence-corrected chi connectivity index (χ0v) is 22.6. The Kier molecular flexibility index (Phi) is 10.3. The van der Waals surface area contributed by atoms with E-state index >= 15 is 0 Å². The summed E-state index contributed by atoms with van der Waals surface area (Å²) in [5.74, 6) is 0. The fourth-order valence-corrected chi connectivity index (χ4v) is 4.67. The maximum Gasteiger partial charge on any atom is 0.510 e. The SMILES string of the molecule is CC1(O)CC(n2ccc(=O)[nH]c2=O)OC1(CF)COP(=O)(OCOC(=O)OC1COC1)OCOC(O)OC1COC1. The Labute approximate surface area is 230 Å². The number of nitrogens with one attached hydrogen (secondary N) is 1. The van der Waals surface area contributed by atoms with Crippen molar-refractivity contribution in [1.82, 2.24) is 9.55 Å². The highest BCUT2D eigenvalue weighted by Gasteiger charge is 2.58. The van der Waals surface area contributed by atoms with Crippen molar-refractivity contribution in [2.75, 3.05) is 53.3 Å². The molecule has 5 atom stereocenters. The van der Waals surface area contributed by atoms with Crippen LogP contribution in [0.25, 0.3) is 0 Å². The van der Waals surface area contributed by atoms with Crippen molar-refractivity contribution < 1.29 is 70.7 Å². The van der Waals surface area contributed by atoms with Crippen LogP contribution in [0.15, 0.2) is 21.9 Å². The van der Waals surface area contributed by atoms with Gasteiger partial charge in [-0.1, -0.05) is 0 Å². The number of ether oxygens (including phenoxy) is 7. The van der Waals surface area contributed by atoms with E-state index in [1.165, 1.54) is 6.92 Å². The van der Waals surface area contributed by atoms with Gasteiger partial charge in [0.15, 0.2) is 18.5 Å². The molecule has 0 aromatic carbocycles. The Hall–Kier alpha value is -2.29. The van der Waals surface area contributed by atoms with E-state index in [0.29, 0.717) is 0 Å². The van der Waals surface area contributed by atoms with Crippen molar-refractivity contribution in [3.63, 3.8) is 0 Å². The van der Waals surface area contributed by atoms with Crippen molar-refractivity contribution >= 4 is 14.0 Å². The number of H-pyrrole nitrogens is 1. The van der Waals surface area contributed by atoms with Gasteiger partial charge in [-0.25, -0.2) is 23.1 Å². The van der Waals surface area contributed by atoms with E-state index in [1.807, 2.05) is 4.98 Å². The average Bonchev–Trinajstić information content (AvgIpc) is 3.12. The second-order valence-electron chi connectivity index (χ2n) is 9.35. The number of aliphatic hydroxyl groups is 2. The minimum absolute atomic E-state index is 0.173. The molecule has 0 aliphatic carbocycles. The summed E-state index contributed by atoms with van der Waals surface area (Å²) in [7, 11) is -4.81. The minimum atomic E-state index is -4.81. The summed E-state index contributed by atoms with van der Waals surface area (Å²) in [6.07, 6.45) is -2.62. The van der Waals surface area contributed by atoms with E-state index in [9.17, 15) is 33.6 Å². The molecule has 1 aromatic heterocycles. The summed E-state index contributed by atoms with van der Waals surface area (Å²) in [6.45, 7) is -4.13. The van der Waals surface area contributed by atoms with Gasteiger partial charge in [0.2, 0.25) is 6.79 Å². The van der Waals surface area contributed by atoms with Gasteiger partial charge in [0, 0.05) is 18.7 Å². The summed E-state index contributed by atoms with van der Waals surface area (Å²) in [6, 6.07) is 1.03. The number of carbonyl (C=O) groups is 1. The van der Waals surface area contributed by atoms with Gasteiger partial charge in [-0.05, 0) is 6.92 Å². The summed E-state index contributed by atoms with van der Waals surface area (Å²) in [5, 5.41) is 20.8. The monoisotopic (exact) mass is 616 g/mol. The number of hydrogen-bond acceptors (Lipinski definition) is 16. The molecule has 0 amide bonds. The maximum absolute atomic E-state index is 14.5. The van der Waals surface area contributed by atoms with Gasteiger partial charge in [-0.3, -0.25) is 23.4 Å². The van der Waals surface area contributed by atoms with Gasteiger partial charge in [0.05, 0.1) is 33.0 Å². The lowest BCUT2D eigenvalue weighted by molar-refractivity contribution is -0.324. The number of halogens is 1. The maximum atomic E-state index is 14.5. The number of aromatic nitrogens is 2. The van der Waals surface area contributed by atoms with Gasteiger partial charge >= 0.3 is 19.7 Å². The Balaban J connectivity index is 1.40. The molecule has 4 rings (SSSR count). The van der Waals surface area contributed by atoms with Crippen molar-refractivity contribution in [2.24, 2.45) is 0 Å². The van der Waals surface area contributed by atoms with Crippen LogP contribution in [0.1, 0.15) is 19.6 Å². The number of hydrogen-bond donors (Lipinski definition) is 3. The quantitative estimate of drug-likeness (QED) is 0.125. The molecule has 4 heterocycles. The van der Waals surface area contributed by atoms with Crippen LogP contribution in [-0.2, 0) is 51.3 Å². The predicted octanol–water partition coefficient (Wildman–Crippen LogP) is -0.752. The Morgan fingerprint density at radius 1 is 1.20 bits per heavy atom. The Morgan fingerprint density at radius 3 is 2.49 bits per heavy atom. The molecule has 20 heteroatoms. The number of aliphatic hydroxyl groups excluding tert-OH is 1. The number of aromatic amines is 1. The summed E-state index contributed by atoms with van der Waals surface area (Å²) < 4.78 is 78.8. The average molecular weight is 616 g/mol. The normalized spacial score (nSPS) is 28.8. The number of carbonyl (C=O) groups excluding carboxylic acids is 1. The lowest BCUT2D eigenvalue weighted by atomic mass is 9.85. The molecule has 3 fully saturated rings. The molecule has 18 nitrogen and oxygen atoms in total. The molecule has 3 aliphatic rings. The minimum Gasteiger partial charge on any atom is -0.426 e. The van der Waals surface area contributed by atoms with Crippen LogP contribution < -0.4 is 11.2 Å². The zero-order chi connectivity index (χ0) is 29.7. The molecule has 5 unspecified atom stereocenters. The van der Waals surface area contributed by atoms with Crippen LogP contribution in [0, 0.1) is 0 Å². The first-order chi connectivity index (χ1) is 19.4. The topological polar surface area (TPSA) is 222 Å². The van der Waals surface area contributed by atoms with E-state index in [2.05, 4.69) is 4.74 Å². The molecule has 0 bridgehead atoms. The molecule has 3 aliphatic heterocycles. The third-order valence-corrected chi connectivity index (χ3v) is 7.63. The standard InChI is InChI=1S/C21H30FN2O16P/c1-20(29)4-16(24-3-2-15(25)23-17(24)26)40-21(20,9-22)10-35-41(30,36-11-33-18(27)38-13-5-31-6-13)37-12-34-19(28)39-14-7-32-8-14/h2-3,13-14,16,18,27,29H,4-12H2,1H3,(H,23,25,26). The van der Waals surface area contributed by atoms with Crippen LogP contribution in [0.3, 0.4) is 0 Å². The number of nitrogens with zero attached hydrogens (tertiary/aromatic N) is 1. The van der Waals surface area contributed by atoms with Crippen LogP contribution in [0.4, 0.5) is 9.18 Å². The van der Waals surface area contributed by atoms with E-state index in [-0.39, 0.29) is 32.8 Å². The van der Waals surface area contributed by atoms with Gasteiger partial charge in [-0.15, -0.1) is 0 Å². The molecule has 3 saturated heterocycles. The summed E-state index contributed by atoms with van der Waals surface area (Å²) >= 11 is 0. The van der Waals surface area contributed by atoms with Crippen molar-refractivity contribution in [3.05, 3.63) is 33.1 Å². The van der Waals surface area contributed by atoms with Crippen LogP contribution in [0.2, 0.25) is 0 Å². The van der Waals surface area contributed by atoms with E-state index < -0.39 is 88.2 Å². The summed E-state index contributed by atoms with van der Waals surface area (Å²) in [4.78, 5) is 37.4. The smallest absolute Gasteiger partial charge is 0.426 e. The van der Waals surface area contributed by atoms with Crippen molar-refractivity contribution in [1.29, 1.82) is 0 Å². The van der Waals surface area contributed by atoms with Gasteiger partial charge in [0.1, 0.15) is 24.6 Å². The fourth-order valence-electron chi connectivity index (χ4n) is 3.70. The second-order valence-corrected chi connectivity index (χ2v) is 11.0. The van der Waals surface area contributed by atoms with Gasteiger partial charge < -0.3 is 43.4 Å². The van der Waals surface area contributed by atoms with E-state index in [1.54, 1.807) is 0 Å². The molecule has 232 valence electrons. The molecule has 0 saturated carbocycles. The molecule has 0 radical (unpaired) electrons. The molecule has 0 spiro atoms. The third kappa shape index (κ3) is 7.96. The number of alkyl halides is 1. The zero-order valence-electron chi connectivity index (χ0n) is 21.7. The first-order valence-electron chi connectivity index (χ1n) is 12.2. The lowest BCUT2D eigenvalue weighted by Crippen LogP contribution is -2.54. The van der Waals surface area contributed by atoms with E-state index in [4.69, 9.17) is 42.0 Å². The Bertz CT molecular complexity index is 1200. The number of phosphoric ester groups is 1. The Morgan fingerprint density at radius 2 is 1.88 bits per heavy atom. The molecular weight excluding hydrogens is 586 g/mol. The molecular formula is C21H30FN2O16P. The van der Waals surface area contributed by atoms with Crippen LogP contribution in [-0.4, -0.2) is 109 Å².